The maximum absolute atomic E-state index is 3.64. The van der Waals surface area contributed by atoms with E-state index in [4.69, 9.17) is 0 Å². The molecule has 0 amide bonds. The predicted octanol–water partition coefficient (Wildman–Crippen LogP) is 5.14. The molecule has 2 fully saturated rings. The van der Waals surface area contributed by atoms with Crippen molar-refractivity contribution in [1.29, 1.82) is 0 Å². The second kappa shape index (κ2) is 21.2. The Morgan fingerprint density at radius 1 is 0.632 bits per heavy atom. The molecule has 0 bridgehead atoms. The fourth-order valence-electron chi connectivity index (χ4n) is 0.642. The van der Waals surface area contributed by atoms with Crippen molar-refractivity contribution in [2.45, 2.75) is 34.6 Å². The van der Waals surface area contributed by atoms with Gasteiger partial charge in [-0.25, -0.2) is 0 Å². The molecular formula is C18H28Zr. The van der Waals surface area contributed by atoms with E-state index < -0.39 is 0 Å². The number of hydrogen-bond acceptors (Lipinski definition) is 0. The van der Waals surface area contributed by atoms with Crippen LogP contribution in [0, 0.1) is 83.0 Å². The van der Waals surface area contributed by atoms with Gasteiger partial charge < -0.3 is 12.8 Å². The Balaban J connectivity index is -0.000000178. The summed E-state index contributed by atoms with van der Waals surface area (Å²) in [6.45, 7) is 14.0. The Labute approximate surface area is 143 Å². The Kier molecular flexibility index (Phi) is 27.7. The van der Waals surface area contributed by atoms with E-state index in [1.807, 2.05) is 64.2 Å². The summed E-state index contributed by atoms with van der Waals surface area (Å²) in [6.07, 6.45) is 20.0. The molecule has 1 heteroatoms. The van der Waals surface area contributed by atoms with Crippen LogP contribution in [0.4, 0.5) is 0 Å². The molecule has 0 spiro atoms. The van der Waals surface area contributed by atoms with Crippen molar-refractivity contribution in [2.75, 3.05) is 0 Å². The molecule has 0 aliphatic heterocycles. The summed E-state index contributed by atoms with van der Waals surface area (Å²) in [6, 6.07) is 0. The van der Waals surface area contributed by atoms with Crippen molar-refractivity contribution in [3.8, 4) is 0 Å². The van der Waals surface area contributed by atoms with Gasteiger partial charge in [-0.3, -0.25) is 0 Å². The summed E-state index contributed by atoms with van der Waals surface area (Å²) < 4.78 is 0. The Bertz CT molecular complexity index is 84.9. The van der Waals surface area contributed by atoms with Gasteiger partial charge in [-0.1, -0.05) is 13.8 Å². The van der Waals surface area contributed by atoms with Gasteiger partial charge in [0.25, 0.3) is 0 Å². The summed E-state index contributed by atoms with van der Waals surface area (Å²) in [5, 5.41) is 0. The molecule has 2 aliphatic rings. The monoisotopic (exact) mass is 334 g/mol. The van der Waals surface area contributed by atoms with Crippen molar-refractivity contribution >= 4 is 0 Å². The molecule has 2 saturated carbocycles. The SMILES string of the molecule is C[C-](C)C.[CH2-]C(C)C.[CH]1[CH][CH][CH][CH]1.[CH]1[CH][CH][CH][CH]1.[Zr+2]. The zero-order chi connectivity index (χ0) is 14.2. The van der Waals surface area contributed by atoms with Gasteiger partial charge in [0, 0.05) is 0 Å². The van der Waals surface area contributed by atoms with Crippen LogP contribution in [0.5, 0.6) is 0 Å². The van der Waals surface area contributed by atoms with Crippen LogP contribution in [0.15, 0.2) is 0 Å². The standard InChI is InChI=1S/2C5H5.2C4H9.Zr/c2*1-2-4-5-3-1;2*1-4(2)3;/h2*1-5H;1-3H3;4H,1H2,2-3H3;/q;;2*-1;+2. The van der Waals surface area contributed by atoms with Crippen LogP contribution in [-0.4, -0.2) is 0 Å². The summed E-state index contributed by atoms with van der Waals surface area (Å²) in [7, 11) is 0. The van der Waals surface area contributed by atoms with Gasteiger partial charge in [0.05, 0.1) is 0 Å². The minimum absolute atomic E-state index is 0. The van der Waals surface area contributed by atoms with Gasteiger partial charge >= 0.3 is 26.2 Å². The molecule has 19 heavy (non-hydrogen) atoms. The third-order valence-electron chi connectivity index (χ3n) is 1.11. The van der Waals surface area contributed by atoms with Crippen molar-refractivity contribution in [3.05, 3.63) is 77.0 Å². The van der Waals surface area contributed by atoms with Gasteiger partial charge in [0.2, 0.25) is 0 Å². The molecule has 2 aliphatic carbocycles. The minimum atomic E-state index is 0. The molecule has 0 heterocycles. The molecule has 0 unspecified atom stereocenters. The van der Waals surface area contributed by atoms with Crippen LogP contribution in [0.1, 0.15) is 34.6 Å². The van der Waals surface area contributed by atoms with Gasteiger partial charge in [0.1, 0.15) is 0 Å². The molecule has 10 radical (unpaired) electrons. The first kappa shape index (κ1) is 24.9. The second-order valence-electron chi connectivity index (χ2n) is 4.82. The van der Waals surface area contributed by atoms with Crippen LogP contribution in [0.3, 0.4) is 0 Å². The molecule has 104 valence electrons. The van der Waals surface area contributed by atoms with Gasteiger partial charge in [-0.05, 0) is 64.2 Å². The molecule has 2 rings (SSSR count). The summed E-state index contributed by atoms with van der Waals surface area (Å²) in [5.41, 5.74) is 0. The Morgan fingerprint density at radius 3 is 0.737 bits per heavy atom. The zero-order valence-corrected chi connectivity index (χ0v) is 15.5. The van der Waals surface area contributed by atoms with Crippen LogP contribution in [0.25, 0.3) is 0 Å². The third-order valence-corrected chi connectivity index (χ3v) is 1.11. The smallest absolute Gasteiger partial charge is 0.341 e. The van der Waals surface area contributed by atoms with E-state index in [9.17, 15) is 0 Å². The fourth-order valence-corrected chi connectivity index (χ4v) is 0.642. The number of hydrogen-bond donors (Lipinski definition) is 0. The van der Waals surface area contributed by atoms with E-state index in [0.717, 1.165) is 0 Å². The second-order valence-corrected chi connectivity index (χ2v) is 4.82. The summed E-state index contributed by atoms with van der Waals surface area (Å²) >= 11 is 0. The molecule has 0 aromatic rings. The van der Waals surface area contributed by atoms with Crippen molar-refractivity contribution < 1.29 is 26.2 Å². The van der Waals surface area contributed by atoms with E-state index in [0.29, 0.717) is 5.92 Å². The molecule has 0 aromatic carbocycles. The van der Waals surface area contributed by atoms with Crippen LogP contribution < -0.4 is 0 Å². The van der Waals surface area contributed by atoms with E-state index in [1.165, 1.54) is 5.92 Å². The predicted molar refractivity (Wildman–Crippen MR) is 83.5 cm³/mol. The fraction of sp³-hybridized carbons (Fsp3) is 0.333. The minimum Gasteiger partial charge on any atom is -0.341 e. The van der Waals surface area contributed by atoms with E-state index in [-0.39, 0.29) is 26.2 Å². The van der Waals surface area contributed by atoms with Gasteiger partial charge in [-0.2, -0.15) is 26.7 Å². The van der Waals surface area contributed by atoms with Crippen LogP contribution in [-0.2, 0) is 26.2 Å². The first-order valence-electron chi connectivity index (χ1n) is 6.40. The van der Waals surface area contributed by atoms with Crippen LogP contribution >= 0.6 is 0 Å². The Hall–Kier alpha value is 0.883. The Morgan fingerprint density at radius 2 is 0.684 bits per heavy atom. The summed E-state index contributed by atoms with van der Waals surface area (Å²) in [4.78, 5) is 0. The van der Waals surface area contributed by atoms with E-state index in [1.54, 1.807) is 0 Å². The maximum atomic E-state index is 3.64. The normalized spacial score (nSPS) is 16.4. The topological polar surface area (TPSA) is 0 Å². The van der Waals surface area contributed by atoms with Crippen LogP contribution in [0.2, 0.25) is 0 Å². The molecule has 0 nitrogen and oxygen atoms in total. The van der Waals surface area contributed by atoms with Crippen molar-refractivity contribution in [2.24, 2.45) is 5.92 Å². The van der Waals surface area contributed by atoms with E-state index in [2.05, 4.69) is 41.5 Å². The molecule has 0 atom stereocenters. The first-order valence-corrected chi connectivity index (χ1v) is 6.40. The average Bonchev–Trinajstić information content (AvgIpc) is 2.96. The number of rotatable bonds is 0. The van der Waals surface area contributed by atoms with Gasteiger partial charge in [-0.15, -0.1) is 0 Å². The summed E-state index contributed by atoms with van der Waals surface area (Å²) in [5.74, 6) is 2.00. The molecule has 0 N–H and O–H groups in total. The quantitative estimate of drug-likeness (QED) is 0.538. The molecule has 0 aromatic heterocycles. The largest absolute Gasteiger partial charge is 2.00 e. The van der Waals surface area contributed by atoms with Crippen molar-refractivity contribution in [3.63, 3.8) is 0 Å². The third kappa shape index (κ3) is 45.4. The van der Waals surface area contributed by atoms with E-state index >= 15 is 0 Å². The maximum Gasteiger partial charge on any atom is 2.00 e. The first-order chi connectivity index (χ1) is 8.46. The van der Waals surface area contributed by atoms with Gasteiger partial charge in [0.15, 0.2) is 0 Å². The zero-order valence-electron chi connectivity index (χ0n) is 13.1. The molecule has 0 saturated heterocycles. The molecular weight excluding hydrogens is 307 g/mol. The average molecular weight is 336 g/mol. The van der Waals surface area contributed by atoms with Crippen molar-refractivity contribution in [1.82, 2.24) is 0 Å².